The maximum atomic E-state index is 12.3. The Morgan fingerprint density at radius 2 is 2.04 bits per heavy atom. The molecule has 0 aliphatic carbocycles. The molecule has 1 aliphatic rings. The second-order valence-corrected chi connectivity index (χ2v) is 6.47. The highest BCUT2D eigenvalue weighted by atomic mass is 16.5. The third-order valence-electron chi connectivity index (χ3n) is 4.25. The van der Waals surface area contributed by atoms with Crippen molar-refractivity contribution < 1.29 is 19.4 Å². The van der Waals surface area contributed by atoms with Gasteiger partial charge >= 0.3 is 6.09 Å². The van der Waals surface area contributed by atoms with Gasteiger partial charge < -0.3 is 20.5 Å². The van der Waals surface area contributed by atoms with E-state index in [2.05, 4.69) is 10.6 Å². The number of hydrogen-bond acceptors (Lipinski definition) is 5. The van der Waals surface area contributed by atoms with E-state index in [0.29, 0.717) is 0 Å². The number of nitrogens with one attached hydrogen (secondary N) is 2. The van der Waals surface area contributed by atoms with E-state index in [1.54, 1.807) is 0 Å². The Bertz CT molecular complexity index is 541. The van der Waals surface area contributed by atoms with Gasteiger partial charge in [0.1, 0.15) is 12.7 Å². The number of benzene rings is 1. The Morgan fingerprint density at radius 3 is 2.62 bits per heavy atom. The van der Waals surface area contributed by atoms with Crippen LogP contribution in [0.5, 0.6) is 0 Å². The number of ketones is 1. The van der Waals surface area contributed by atoms with Crippen molar-refractivity contribution in [2.24, 2.45) is 5.92 Å². The smallest absolute Gasteiger partial charge is 0.407 e. The second kappa shape index (κ2) is 8.80. The molecule has 1 heterocycles. The van der Waals surface area contributed by atoms with Crippen LogP contribution < -0.4 is 10.6 Å². The molecule has 0 aromatic heterocycles. The van der Waals surface area contributed by atoms with E-state index < -0.39 is 18.2 Å². The summed E-state index contributed by atoms with van der Waals surface area (Å²) in [4.78, 5) is 24.4. The molecule has 132 valence electrons. The fraction of sp³-hybridized carbons (Fsp3) is 0.556. The number of hydrogen-bond donors (Lipinski definition) is 3. The molecule has 0 spiro atoms. The van der Waals surface area contributed by atoms with Crippen LogP contribution in [-0.4, -0.2) is 41.7 Å². The van der Waals surface area contributed by atoms with Crippen LogP contribution in [0.2, 0.25) is 0 Å². The number of aliphatic hydroxyl groups excluding tert-OH is 1. The third kappa shape index (κ3) is 5.04. The van der Waals surface area contributed by atoms with Crippen molar-refractivity contribution in [3.05, 3.63) is 35.9 Å². The van der Waals surface area contributed by atoms with E-state index in [9.17, 15) is 14.7 Å². The number of alkyl carbamates (subject to hydrolysis) is 1. The first-order valence-corrected chi connectivity index (χ1v) is 8.41. The van der Waals surface area contributed by atoms with Crippen molar-refractivity contribution >= 4 is 11.9 Å². The number of aliphatic hydroxyl groups is 1. The molecule has 0 radical (unpaired) electrons. The molecule has 3 N–H and O–H groups in total. The van der Waals surface area contributed by atoms with Crippen molar-refractivity contribution in [2.75, 3.05) is 6.54 Å². The largest absolute Gasteiger partial charge is 0.445 e. The minimum absolute atomic E-state index is 0.102. The van der Waals surface area contributed by atoms with Gasteiger partial charge in [0.15, 0.2) is 5.78 Å². The van der Waals surface area contributed by atoms with Crippen molar-refractivity contribution in [2.45, 2.75) is 51.5 Å². The quantitative estimate of drug-likeness (QED) is 0.705. The predicted octanol–water partition coefficient (Wildman–Crippen LogP) is 1.62. The monoisotopic (exact) mass is 334 g/mol. The van der Waals surface area contributed by atoms with Crippen molar-refractivity contribution in [1.82, 2.24) is 10.6 Å². The molecule has 1 aliphatic heterocycles. The van der Waals surface area contributed by atoms with Gasteiger partial charge in [-0.25, -0.2) is 4.79 Å². The molecular formula is C18H26N2O4. The Kier molecular flexibility index (Phi) is 6.75. The first-order valence-electron chi connectivity index (χ1n) is 8.41. The molecule has 1 unspecified atom stereocenters. The van der Waals surface area contributed by atoms with E-state index in [1.807, 2.05) is 44.2 Å². The van der Waals surface area contributed by atoms with Gasteiger partial charge in [0, 0.05) is 0 Å². The van der Waals surface area contributed by atoms with Crippen molar-refractivity contribution in [1.29, 1.82) is 0 Å². The van der Waals surface area contributed by atoms with Crippen LogP contribution in [-0.2, 0) is 16.1 Å². The molecule has 1 aromatic carbocycles. The Morgan fingerprint density at radius 1 is 1.33 bits per heavy atom. The number of rotatable bonds is 7. The third-order valence-corrected chi connectivity index (χ3v) is 4.25. The normalized spacial score (nSPS) is 19.8. The van der Waals surface area contributed by atoms with Gasteiger partial charge in [0.2, 0.25) is 0 Å². The lowest BCUT2D eigenvalue weighted by atomic mass is 9.92. The predicted molar refractivity (Wildman–Crippen MR) is 90.4 cm³/mol. The van der Waals surface area contributed by atoms with Crippen LogP contribution in [0.15, 0.2) is 30.3 Å². The lowest BCUT2D eigenvalue weighted by molar-refractivity contribution is -0.130. The minimum Gasteiger partial charge on any atom is -0.445 e. The zero-order valence-electron chi connectivity index (χ0n) is 14.2. The van der Waals surface area contributed by atoms with Gasteiger partial charge in [-0.1, -0.05) is 44.2 Å². The molecule has 1 fully saturated rings. The number of carbonyl (C=O) groups excluding carboxylic acids is 2. The summed E-state index contributed by atoms with van der Waals surface area (Å²) in [6, 6.07) is 8.33. The Labute approximate surface area is 142 Å². The van der Waals surface area contributed by atoms with Crippen LogP contribution in [0.4, 0.5) is 4.79 Å². The van der Waals surface area contributed by atoms with Crippen LogP contribution >= 0.6 is 0 Å². The molecular weight excluding hydrogens is 308 g/mol. The minimum atomic E-state index is -1.25. The van der Waals surface area contributed by atoms with Crippen LogP contribution in [0.1, 0.15) is 32.3 Å². The van der Waals surface area contributed by atoms with Crippen LogP contribution in [0.25, 0.3) is 0 Å². The molecule has 0 saturated carbocycles. The summed E-state index contributed by atoms with van der Waals surface area (Å²) in [5.41, 5.74) is 0.875. The summed E-state index contributed by atoms with van der Waals surface area (Å²) in [5.74, 6) is -0.371. The number of amides is 1. The van der Waals surface area contributed by atoms with E-state index >= 15 is 0 Å². The summed E-state index contributed by atoms with van der Waals surface area (Å²) in [5, 5.41) is 16.1. The summed E-state index contributed by atoms with van der Waals surface area (Å²) in [7, 11) is 0. The van der Waals surface area contributed by atoms with Crippen molar-refractivity contribution in [3.63, 3.8) is 0 Å². The molecule has 1 amide bonds. The second-order valence-electron chi connectivity index (χ2n) is 6.47. The first kappa shape index (κ1) is 18.4. The number of Topliss-reactive ketones (excluding diaryl/α,β-unsaturated/α-hetero) is 1. The highest BCUT2D eigenvalue weighted by Gasteiger charge is 2.35. The SMILES string of the molecule is CC(C)[C@@H](NC(=O)OCc1ccccc1)C(O)C(=O)[C@@H]1CCCN1. The standard InChI is InChI=1S/C18H26N2O4/c1-12(2)15(17(22)16(21)14-9-6-10-19-14)20-18(23)24-11-13-7-4-3-5-8-13/h3-5,7-8,12,14-15,17,19,22H,6,9-11H2,1-2H3,(H,20,23)/t14-,15+,17?/m0/s1. The van der Waals surface area contributed by atoms with Crippen molar-refractivity contribution in [3.8, 4) is 0 Å². The Hall–Kier alpha value is -1.92. The summed E-state index contributed by atoms with van der Waals surface area (Å²) >= 11 is 0. The van der Waals surface area contributed by atoms with E-state index in [0.717, 1.165) is 24.9 Å². The number of carbonyl (C=O) groups is 2. The highest BCUT2D eigenvalue weighted by molar-refractivity contribution is 5.89. The molecule has 2 rings (SSSR count). The lowest BCUT2D eigenvalue weighted by Gasteiger charge is -2.27. The van der Waals surface area contributed by atoms with Gasteiger partial charge in [-0.3, -0.25) is 4.79 Å². The summed E-state index contributed by atoms with van der Waals surface area (Å²) in [6.07, 6.45) is -0.241. The zero-order valence-corrected chi connectivity index (χ0v) is 14.2. The molecule has 6 nitrogen and oxygen atoms in total. The average Bonchev–Trinajstić information content (AvgIpc) is 3.11. The molecule has 3 atom stereocenters. The topological polar surface area (TPSA) is 87.7 Å². The number of ether oxygens (including phenoxy) is 1. The highest BCUT2D eigenvalue weighted by Crippen LogP contribution is 2.14. The summed E-state index contributed by atoms with van der Waals surface area (Å²) in [6.45, 7) is 4.62. The van der Waals surface area contributed by atoms with Gasteiger partial charge in [-0.15, -0.1) is 0 Å². The fourth-order valence-corrected chi connectivity index (χ4v) is 2.82. The van der Waals surface area contributed by atoms with E-state index in [1.165, 1.54) is 0 Å². The summed E-state index contributed by atoms with van der Waals surface area (Å²) < 4.78 is 5.18. The van der Waals surface area contributed by atoms with E-state index in [4.69, 9.17) is 4.74 Å². The molecule has 24 heavy (non-hydrogen) atoms. The maximum absolute atomic E-state index is 12.3. The van der Waals surface area contributed by atoms with Crippen LogP contribution in [0.3, 0.4) is 0 Å². The molecule has 1 saturated heterocycles. The molecule has 6 heteroatoms. The first-order chi connectivity index (χ1) is 11.5. The Balaban J connectivity index is 1.89. The molecule has 0 bridgehead atoms. The maximum Gasteiger partial charge on any atom is 0.407 e. The van der Waals surface area contributed by atoms with Gasteiger partial charge in [0.25, 0.3) is 0 Å². The van der Waals surface area contributed by atoms with Gasteiger partial charge in [-0.05, 0) is 30.9 Å². The average molecular weight is 334 g/mol. The van der Waals surface area contributed by atoms with Gasteiger partial charge in [0.05, 0.1) is 12.1 Å². The van der Waals surface area contributed by atoms with Crippen LogP contribution in [0, 0.1) is 5.92 Å². The lowest BCUT2D eigenvalue weighted by Crippen LogP contribution is -2.53. The molecule has 1 aromatic rings. The fourth-order valence-electron chi connectivity index (χ4n) is 2.82. The van der Waals surface area contributed by atoms with Gasteiger partial charge in [-0.2, -0.15) is 0 Å². The van der Waals surface area contributed by atoms with E-state index in [-0.39, 0.29) is 24.3 Å². The zero-order chi connectivity index (χ0) is 17.5.